The molecule has 0 saturated heterocycles. The lowest BCUT2D eigenvalue weighted by Crippen LogP contribution is -2.28. The van der Waals surface area contributed by atoms with E-state index < -0.39 is 17.7 Å². The van der Waals surface area contributed by atoms with Crippen molar-refractivity contribution in [3.05, 3.63) is 24.3 Å². The Morgan fingerprint density at radius 2 is 1.26 bits per heavy atom. The lowest BCUT2D eigenvalue weighted by molar-refractivity contribution is -0.200. The average molecular weight is 272 g/mol. The van der Waals surface area contributed by atoms with Crippen LogP contribution in [0.1, 0.15) is 13.8 Å². The first kappa shape index (κ1) is 17.3. The number of hydrogen-bond donors (Lipinski definition) is 0. The average Bonchev–Trinajstić information content (AvgIpc) is 2.39. The molecule has 0 rings (SSSR count). The SMILES string of the molecule is COC(=O)/C=C/COC(C)(C)OC/C=C/C(=O)OC. The molecule has 6 heteroatoms. The maximum atomic E-state index is 10.8. The van der Waals surface area contributed by atoms with Crippen LogP contribution in [0.25, 0.3) is 0 Å². The molecule has 0 unspecified atom stereocenters. The van der Waals surface area contributed by atoms with Gasteiger partial charge in [0.15, 0.2) is 5.79 Å². The molecule has 0 aliphatic rings. The molecule has 0 aromatic carbocycles. The largest absolute Gasteiger partial charge is 0.466 e. The zero-order valence-electron chi connectivity index (χ0n) is 11.7. The molecule has 0 aromatic heterocycles. The highest BCUT2D eigenvalue weighted by molar-refractivity contribution is 5.82. The van der Waals surface area contributed by atoms with Gasteiger partial charge in [-0.2, -0.15) is 0 Å². The van der Waals surface area contributed by atoms with Crippen LogP contribution in [0.3, 0.4) is 0 Å². The summed E-state index contributed by atoms with van der Waals surface area (Å²) >= 11 is 0. The van der Waals surface area contributed by atoms with Crippen molar-refractivity contribution < 1.29 is 28.5 Å². The van der Waals surface area contributed by atoms with Crippen LogP contribution in [0.2, 0.25) is 0 Å². The molecule has 108 valence electrons. The van der Waals surface area contributed by atoms with Crippen LogP contribution in [0.5, 0.6) is 0 Å². The Morgan fingerprint density at radius 1 is 0.895 bits per heavy atom. The van der Waals surface area contributed by atoms with Crippen molar-refractivity contribution in [3.63, 3.8) is 0 Å². The highest BCUT2D eigenvalue weighted by Crippen LogP contribution is 2.10. The van der Waals surface area contributed by atoms with Gasteiger partial charge in [-0.1, -0.05) is 12.2 Å². The number of hydrogen-bond acceptors (Lipinski definition) is 6. The van der Waals surface area contributed by atoms with E-state index in [1.165, 1.54) is 38.5 Å². The van der Waals surface area contributed by atoms with Crippen molar-refractivity contribution in [3.8, 4) is 0 Å². The summed E-state index contributed by atoms with van der Waals surface area (Å²) < 4.78 is 19.6. The molecular weight excluding hydrogens is 252 g/mol. The zero-order chi connectivity index (χ0) is 14.7. The smallest absolute Gasteiger partial charge is 0.330 e. The molecule has 0 N–H and O–H groups in total. The van der Waals surface area contributed by atoms with Gasteiger partial charge in [0.05, 0.1) is 27.4 Å². The normalized spacial score (nSPS) is 12.0. The molecule has 0 heterocycles. The molecule has 6 nitrogen and oxygen atoms in total. The lowest BCUT2D eigenvalue weighted by atomic mass is 10.3. The van der Waals surface area contributed by atoms with Gasteiger partial charge in [0, 0.05) is 12.2 Å². The van der Waals surface area contributed by atoms with Crippen LogP contribution in [0, 0.1) is 0 Å². The van der Waals surface area contributed by atoms with E-state index in [0.717, 1.165) is 0 Å². The molecule has 0 aliphatic carbocycles. The van der Waals surface area contributed by atoms with Crippen molar-refractivity contribution in [1.82, 2.24) is 0 Å². The quantitative estimate of drug-likeness (QED) is 0.376. The minimum absolute atomic E-state index is 0.211. The van der Waals surface area contributed by atoms with E-state index in [-0.39, 0.29) is 13.2 Å². The first-order valence-corrected chi connectivity index (χ1v) is 5.68. The van der Waals surface area contributed by atoms with Crippen LogP contribution < -0.4 is 0 Å². The van der Waals surface area contributed by atoms with Gasteiger partial charge in [0.2, 0.25) is 0 Å². The van der Waals surface area contributed by atoms with E-state index >= 15 is 0 Å². The molecular formula is C13H20O6. The predicted molar refractivity (Wildman–Crippen MR) is 68.3 cm³/mol. The van der Waals surface area contributed by atoms with Gasteiger partial charge in [-0.15, -0.1) is 0 Å². The number of carbonyl (C=O) groups is 2. The Hall–Kier alpha value is -1.66. The van der Waals surface area contributed by atoms with Crippen molar-refractivity contribution in [2.24, 2.45) is 0 Å². The van der Waals surface area contributed by atoms with E-state index in [0.29, 0.717) is 0 Å². The first-order chi connectivity index (χ1) is 8.91. The first-order valence-electron chi connectivity index (χ1n) is 5.68. The molecule has 0 aliphatic heterocycles. The van der Waals surface area contributed by atoms with Crippen molar-refractivity contribution in [2.75, 3.05) is 27.4 Å². The third kappa shape index (κ3) is 9.99. The highest BCUT2D eigenvalue weighted by atomic mass is 16.7. The topological polar surface area (TPSA) is 71.1 Å². The maximum absolute atomic E-state index is 10.8. The summed E-state index contributed by atoms with van der Waals surface area (Å²) in [6.45, 7) is 3.88. The second-order valence-corrected chi connectivity index (χ2v) is 3.87. The second kappa shape index (κ2) is 9.29. The summed E-state index contributed by atoms with van der Waals surface area (Å²) in [5, 5.41) is 0. The van der Waals surface area contributed by atoms with E-state index in [1.807, 2.05) is 0 Å². The van der Waals surface area contributed by atoms with E-state index in [9.17, 15) is 9.59 Å². The Bertz CT molecular complexity index is 311. The minimum atomic E-state index is -0.832. The molecule has 0 bridgehead atoms. The zero-order valence-corrected chi connectivity index (χ0v) is 11.7. The van der Waals surface area contributed by atoms with Crippen LogP contribution in [-0.2, 0) is 28.5 Å². The minimum Gasteiger partial charge on any atom is -0.466 e. The third-order valence-electron chi connectivity index (χ3n) is 1.96. The number of carbonyl (C=O) groups excluding carboxylic acids is 2. The Kier molecular flexibility index (Phi) is 8.48. The predicted octanol–water partition coefficient (Wildman–Crippen LogP) is 1.21. The van der Waals surface area contributed by atoms with E-state index in [1.54, 1.807) is 13.8 Å². The fraction of sp³-hybridized carbons (Fsp3) is 0.538. The van der Waals surface area contributed by atoms with Gasteiger partial charge in [-0.25, -0.2) is 9.59 Å². The monoisotopic (exact) mass is 272 g/mol. The molecule has 0 atom stereocenters. The second-order valence-electron chi connectivity index (χ2n) is 3.87. The molecule has 0 radical (unpaired) electrons. The Labute approximate surface area is 113 Å². The Balaban J connectivity index is 3.92. The number of rotatable bonds is 8. The number of esters is 2. The summed E-state index contributed by atoms with van der Waals surface area (Å²) in [6.07, 6.45) is 5.60. The standard InChI is InChI=1S/C13H20O6/c1-13(2,18-9-5-7-11(14)16-3)19-10-6-8-12(15)17-4/h5-8H,9-10H2,1-4H3/b7-5+,8-6+. The third-order valence-corrected chi connectivity index (χ3v) is 1.96. The van der Waals surface area contributed by atoms with Crippen LogP contribution in [0.15, 0.2) is 24.3 Å². The van der Waals surface area contributed by atoms with Gasteiger partial charge >= 0.3 is 11.9 Å². The van der Waals surface area contributed by atoms with Crippen LogP contribution in [0.4, 0.5) is 0 Å². The van der Waals surface area contributed by atoms with Crippen molar-refractivity contribution >= 4 is 11.9 Å². The summed E-state index contributed by atoms with van der Waals surface area (Å²) in [4.78, 5) is 21.6. The molecule has 0 amide bonds. The fourth-order valence-corrected chi connectivity index (χ4v) is 0.964. The number of methoxy groups -OCH3 is 2. The van der Waals surface area contributed by atoms with Gasteiger partial charge in [-0.05, 0) is 13.8 Å². The maximum Gasteiger partial charge on any atom is 0.330 e. The van der Waals surface area contributed by atoms with Crippen molar-refractivity contribution in [1.29, 1.82) is 0 Å². The van der Waals surface area contributed by atoms with E-state index in [4.69, 9.17) is 9.47 Å². The van der Waals surface area contributed by atoms with Crippen LogP contribution >= 0.6 is 0 Å². The molecule has 0 saturated carbocycles. The summed E-state index contributed by atoms with van der Waals surface area (Å²) in [6, 6.07) is 0. The summed E-state index contributed by atoms with van der Waals surface area (Å²) in [7, 11) is 2.60. The molecule has 19 heavy (non-hydrogen) atoms. The van der Waals surface area contributed by atoms with Gasteiger partial charge < -0.3 is 18.9 Å². The summed E-state index contributed by atoms with van der Waals surface area (Å²) in [5.74, 6) is -1.72. The lowest BCUT2D eigenvalue weighted by Gasteiger charge is -2.24. The Morgan fingerprint density at radius 3 is 1.58 bits per heavy atom. The van der Waals surface area contributed by atoms with E-state index in [2.05, 4.69) is 9.47 Å². The summed E-state index contributed by atoms with van der Waals surface area (Å²) in [5.41, 5.74) is 0. The fourth-order valence-electron chi connectivity index (χ4n) is 0.964. The van der Waals surface area contributed by atoms with Crippen molar-refractivity contribution in [2.45, 2.75) is 19.6 Å². The molecule has 0 aromatic rings. The van der Waals surface area contributed by atoms with Gasteiger partial charge in [0.1, 0.15) is 0 Å². The molecule has 0 spiro atoms. The molecule has 0 fully saturated rings. The highest BCUT2D eigenvalue weighted by Gasteiger charge is 2.17. The van der Waals surface area contributed by atoms with Crippen LogP contribution in [-0.4, -0.2) is 45.2 Å². The van der Waals surface area contributed by atoms with Gasteiger partial charge in [-0.3, -0.25) is 0 Å². The van der Waals surface area contributed by atoms with Gasteiger partial charge in [0.25, 0.3) is 0 Å². The number of ether oxygens (including phenoxy) is 4.